The lowest BCUT2D eigenvalue weighted by Crippen LogP contribution is -2.58. The predicted octanol–water partition coefficient (Wildman–Crippen LogP) is 2.94. The van der Waals surface area contributed by atoms with Crippen LogP contribution in [0.15, 0.2) is 61.3 Å². The van der Waals surface area contributed by atoms with Gasteiger partial charge in [-0.1, -0.05) is 42.2 Å². The van der Waals surface area contributed by atoms with Crippen LogP contribution < -0.4 is 0 Å². The molecule has 0 amide bonds. The highest BCUT2D eigenvalue weighted by Crippen LogP contribution is 2.35. The molecule has 0 spiro atoms. The normalized spacial score (nSPS) is 24.8. The van der Waals surface area contributed by atoms with E-state index in [0.717, 1.165) is 54.7 Å². The van der Waals surface area contributed by atoms with Crippen LogP contribution in [-0.4, -0.2) is 50.2 Å². The van der Waals surface area contributed by atoms with Gasteiger partial charge < -0.3 is 5.11 Å². The molecule has 30 heavy (non-hydrogen) atoms. The van der Waals surface area contributed by atoms with Crippen LogP contribution in [0.2, 0.25) is 0 Å². The van der Waals surface area contributed by atoms with Crippen molar-refractivity contribution in [2.24, 2.45) is 5.92 Å². The van der Waals surface area contributed by atoms with Crippen molar-refractivity contribution in [1.82, 2.24) is 19.9 Å². The van der Waals surface area contributed by atoms with Crippen molar-refractivity contribution < 1.29 is 5.11 Å². The second-order valence-electron chi connectivity index (χ2n) is 8.24. The second kappa shape index (κ2) is 7.98. The summed E-state index contributed by atoms with van der Waals surface area (Å²) in [5, 5.41) is 11.2. The predicted molar refractivity (Wildman–Crippen MR) is 116 cm³/mol. The minimum absolute atomic E-state index is 0.265. The number of piperidine rings is 3. The van der Waals surface area contributed by atoms with Crippen molar-refractivity contribution in [1.29, 1.82) is 0 Å². The van der Waals surface area contributed by atoms with Gasteiger partial charge in [-0.25, -0.2) is 9.97 Å². The first-order valence-electron chi connectivity index (χ1n) is 10.5. The first kappa shape index (κ1) is 18.9. The van der Waals surface area contributed by atoms with Crippen LogP contribution in [0.3, 0.4) is 0 Å². The number of aromatic nitrogens is 3. The molecular weight excluding hydrogens is 372 g/mol. The van der Waals surface area contributed by atoms with E-state index in [1.54, 1.807) is 12.4 Å². The average molecular weight is 396 g/mol. The second-order valence-corrected chi connectivity index (χ2v) is 8.24. The lowest BCUT2D eigenvalue weighted by molar-refractivity contribution is -0.0713. The van der Waals surface area contributed by atoms with E-state index in [9.17, 15) is 5.11 Å². The molecule has 3 fully saturated rings. The summed E-state index contributed by atoms with van der Waals surface area (Å²) in [5.74, 6) is 6.78. The molecule has 0 radical (unpaired) electrons. The highest BCUT2D eigenvalue weighted by atomic mass is 16.3. The summed E-state index contributed by atoms with van der Waals surface area (Å²) in [4.78, 5) is 15.1. The molecule has 1 unspecified atom stereocenters. The maximum atomic E-state index is 11.2. The molecule has 5 heteroatoms. The largest absolute Gasteiger partial charge is 0.376 e. The molecule has 5 nitrogen and oxygen atoms in total. The van der Waals surface area contributed by atoms with Crippen LogP contribution in [0.4, 0.5) is 0 Å². The number of benzene rings is 1. The van der Waals surface area contributed by atoms with Gasteiger partial charge in [-0.2, -0.15) is 0 Å². The smallest absolute Gasteiger partial charge is 0.141 e. The zero-order chi connectivity index (χ0) is 20.4. The number of aliphatic hydroxyl groups is 1. The Bertz CT molecular complexity index is 1080. The van der Waals surface area contributed by atoms with Gasteiger partial charge in [0, 0.05) is 42.2 Å². The Kier molecular flexibility index (Phi) is 5.04. The molecule has 3 aliphatic heterocycles. The minimum atomic E-state index is -0.924. The van der Waals surface area contributed by atoms with Crippen molar-refractivity contribution in [2.45, 2.75) is 24.9 Å². The highest BCUT2D eigenvalue weighted by molar-refractivity contribution is 5.60. The number of nitrogens with zero attached hydrogens (tertiary/aromatic N) is 4. The fourth-order valence-corrected chi connectivity index (χ4v) is 4.52. The third-order valence-corrected chi connectivity index (χ3v) is 6.22. The summed E-state index contributed by atoms with van der Waals surface area (Å²) in [5.41, 5.74) is 3.95. The number of fused-ring (bicyclic) bond motifs is 3. The topological polar surface area (TPSA) is 62.1 Å². The highest BCUT2D eigenvalue weighted by Gasteiger charge is 2.44. The lowest BCUT2D eigenvalue weighted by atomic mass is 9.75. The molecule has 150 valence electrons. The van der Waals surface area contributed by atoms with E-state index in [4.69, 9.17) is 0 Å². The number of hydrogen-bond acceptors (Lipinski definition) is 5. The molecule has 0 aliphatic carbocycles. The quantitative estimate of drug-likeness (QED) is 0.690. The zero-order valence-corrected chi connectivity index (χ0v) is 16.8. The van der Waals surface area contributed by atoms with Crippen LogP contribution in [0, 0.1) is 17.8 Å². The molecule has 3 saturated heterocycles. The lowest BCUT2D eigenvalue weighted by Gasteiger charge is -2.47. The number of rotatable bonds is 3. The summed E-state index contributed by atoms with van der Waals surface area (Å²) < 4.78 is 0. The van der Waals surface area contributed by atoms with Crippen LogP contribution in [-0.2, 0) is 6.42 Å². The molecule has 2 bridgehead atoms. The van der Waals surface area contributed by atoms with Crippen LogP contribution in [0.5, 0.6) is 0 Å². The Morgan fingerprint density at radius 3 is 2.53 bits per heavy atom. The van der Waals surface area contributed by atoms with Crippen molar-refractivity contribution in [3.8, 4) is 23.1 Å². The molecule has 1 aromatic carbocycles. The molecule has 5 heterocycles. The van der Waals surface area contributed by atoms with Crippen molar-refractivity contribution in [3.05, 3.63) is 78.0 Å². The summed E-state index contributed by atoms with van der Waals surface area (Å²) in [6.45, 7) is 2.79. The van der Waals surface area contributed by atoms with Crippen LogP contribution in [0.1, 0.15) is 29.5 Å². The SMILES string of the molecule is OC1(C#Cc2cnc(-c3cncnc3)cc2Cc2ccccc2)CN2CCC1CC2. The zero-order valence-electron chi connectivity index (χ0n) is 16.8. The Morgan fingerprint density at radius 2 is 1.83 bits per heavy atom. The van der Waals surface area contributed by atoms with Gasteiger partial charge >= 0.3 is 0 Å². The molecule has 0 saturated carbocycles. The maximum Gasteiger partial charge on any atom is 0.141 e. The summed E-state index contributed by atoms with van der Waals surface area (Å²) >= 11 is 0. The molecular formula is C25H24N4O. The van der Waals surface area contributed by atoms with Crippen molar-refractivity contribution >= 4 is 0 Å². The van der Waals surface area contributed by atoms with Crippen LogP contribution in [0.25, 0.3) is 11.3 Å². The van der Waals surface area contributed by atoms with Gasteiger partial charge in [0.2, 0.25) is 0 Å². The molecule has 3 aromatic rings. The van der Waals surface area contributed by atoms with Gasteiger partial charge in [0.05, 0.1) is 5.69 Å². The van der Waals surface area contributed by atoms with Gasteiger partial charge in [-0.05, 0) is 49.5 Å². The Hall–Kier alpha value is -3.07. The fraction of sp³-hybridized carbons (Fsp3) is 0.320. The van der Waals surface area contributed by atoms with E-state index in [0.29, 0.717) is 6.54 Å². The summed E-state index contributed by atoms with van der Waals surface area (Å²) in [6.07, 6.45) is 9.66. The Balaban J connectivity index is 1.51. The summed E-state index contributed by atoms with van der Waals surface area (Å²) in [7, 11) is 0. The van der Waals surface area contributed by atoms with E-state index in [-0.39, 0.29) is 5.92 Å². The van der Waals surface area contributed by atoms with Gasteiger partial charge in [-0.15, -0.1) is 0 Å². The van der Waals surface area contributed by atoms with Gasteiger partial charge in [0.15, 0.2) is 0 Å². The van der Waals surface area contributed by atoms with Gasteiger partial charge in [0.1, 0.15) is 11.9 Å². The Morgan fingerprint density at radius 1 is 1.07 bits per heavy atom. The molecule has 3 aliphatic rings. The first-order chi connectivity index (χ1) is 14.7. The molecule has 2 aromatic heterocycles. The molecule has 1 N–H and O–H groups in total. The number of pyridine rings is 1. The van der Waals surface area contributed by atoms with Crippen molar-refractivity contribution in [2.75, 3.05) is 19.6 Å². The van der Waals surface area contributed by atoms with Crippen LogP contribution >= 0.6 is 0 Å². The average Bonchev–Trinajstić information content (AvgIpc) is 2.80. The van der Waals surface area contributed by atoms with E-state index in [2.05, 4.69) is 49.9 Å². The first-order valence-corrected chi connectivity index (χ1v) is 10.5. The van der Waals surface area contributed by atoms with Gasteiger partial charge in [0.25, 0.3) is 0 Å². The van der Waals surface area contributed by atoms with E-state index in [1.807, 2.05) is 24.4 Å². The minimum Gasteiger partial charge on any atom is -0.376 e. The third kappa shape index (κ3) is 3.85. The maximum absolute atomic E-state index is 11.2. The van der Waals surface area contributed by atoms with Crippen molar-refractivity contribution in [3.63, 3.8) is 0 Å². The Labute approximate surface area is 176 Å². The van der Waals surface area contributed by atoms with Gasteiger partial charge in [-0.3, -0.25) is 9.88 Å². The van der Waals surface area contributed by atoms with E-state index >= 15 is 0 Å². The number of hydrogen-bond donors (Lipinski definition) is 1. The summed E-state index contributed by atoms with van der Waals surface area (Å²) in [6, 6.07) is 12.4. The third-order valence-electron chi connectivity index (χ3n) is 6.22. The molecule has 6 rings (SSSR count). The van der Waals surface area contributed by atoms with E-state index < -0.39 is 5.60 Å². The molecule has 1 atom stereocenters. The fourth-order valence-electron chi connectivity index (χ4n) is 4.52. The monoisotopic (exact) mass is 396 g/mol. The van der Waals surface area contributed by atoms with E-state index in [1.165, 1.54) is 11.9 Å². The standard InChI is InChI=1S/C25H24N4O/c30-25(17-29-10-7-23(25)8-11-29)9-6-20-16-28-24(22-14-26-18-27-15-22)13-21(20)12-19-4-2-1-3-5-19/h1-5,13-16,18,23,30H,7-8,10-12,17H2.